The zero-order valence-electron chi connectivity index (χ0n) is 20.2. The van der Waals surface area contributed by atoms with Gasteiger partial charge in [0.15, 0.2) is 5.75 Å². The zero-order chi connectivity index (χ0) is 24.2. The van der Waals surface area contributed by atoms with Crippen LogP contribution in [0.15, 0.2) is 18.7 Å². The maximum Gasteiger partial charge on any atom is 0.410 e. The number of nitro groups is 1. The Morgan fingerprint density at radius 3 is 2.33 bits per heavy atom. The van der Waals surface area contributed by atoms with Gasteiger partial charge in [0.2, 0.25) is 0 Å². The summed E-state index contributed by atoms with van der Waals surface area (Å²) in [5, 5.41) is 11.3. The third-order valence-electron chi connectivity index (χ3n) is 6.24. The summed E-state index contributed by atoms with van der Waals surface area (Å²) in [6.45, 7) is 15.4. The summed E-state index contributed by atoms with van der Waals surface area (Å²) in [5.74, 6) is 0.854. The minimum absolute atomic E-state index is 0.0449. The highest BCUT2D eigenvalue weighted by atomic mass is 16.6. The third kappa shape index (κ3) is 6.37. The van der Waals surface area contributed by atoms with E-state index in [4.69, 9.17) is 9.47 Å². The van der Waals surface area contributed by atoms with Gasteiger partial charge < -0.3 is 19.3 Å². The largest absolute Gasteiger partial charge is 0.490 e. The van der Waals surface area contributed by atoms with Gasteiger partial charge in [0, 0.05) is 69.2 Å². The Morgan fingerprint density at radius 2 is 1.82 bits per heavy atom. The summed E-state index contributed by atoms with van der Waals surface area (Å²) in [6.07, 6.45) is 3.52. The molecule has 0 N–H and O–H groups in total. The molecule has 0 atom stereocenters. The molecule has 2 heterocycles. The second-order valence-corrected chi connectivity index (χ2v) is 9.74. The number of rotatable bonds is 6. The lowest BCUT2D eigenvalue weighted by Gasteiger charge is -2.39. The highest BCUT2D eigenvalue weighted by Gasteiger charge is 2.29. The Kier molecular flexibility index (Phi) is 7.84. The number of hydrogen-bond acceptors (Lipinski definition) is 7. The van der Waals surface area contributed by atoms with Gasteiger partial charge in [-0.25, -0.2) is 4.79 Å². The molecule has 1 amide bonds. The molecule has 0 aliphatic carbocycles. The van der Waals surface area contributed by atoms with Crippen molar-refractivity contribution in [3.63, 3.8) is 0 Å². The van der Waals surface area contributed by atoms with Crippen LogP contribution in [0.2, 0.25) is 0 Å². The van der Waals surface area contributed by atoms with Crippen LogP contribution >= 0.6 is 0 Å². The van der Waals surface area contributed by atoms with Crippen molar-refractivity contribution < 1.29 is 19.2 Å². The van der Waals surface area contributed by atoms with Gasteiger partial charge in [-0.05, 0) is 39.5 Å². The molecule has 9 heteroatoms. The predicted molar refractivity (Wildman–Crippen MR) is 129 cm³/mol. The lowest BCUT2D eigenvalue weighted by atomic mass is 9.94. The molecule has 1 aromatic carbocycles. The lowest BCUT2D eigenvalue weighted by molar-refractivity contribution is -0.385. The van der Waals surface area contributed by atoms with E-state index in [-0.39, 0.29) is 17.5 Å². The summed E-state index contributed by atoms with van der Waals surface area (Å²) in [4.78, 5) is 29.7. The third-order valence-corrected chi connectivity index (χ3v) is 6.24. The fourth-order valence-electron chi connectivity index (χ4n) is 4.48. The van der Waals surface area contributed by atoms with Crippen LogP contribution in [0.3, 0.4) is 0 Å². The molecule has 0 unspecified atom stereocenters. The fraction of sp³-hybridized carbons (Fsp3) is 0.625. The highest BCUT2D eigenvalue weighted by Crippen LogP contribution is 2.37. The van der Waals surface area contributed by atoms with Crippen molar-refractivity contribution in [2.75, 3.05) is 57.8 Å². The van der Waals surface area contributed by atoms with E-state index < -0.39 is 10.5 Å². The van der Waals surface area contributed by atoms with E-state index >= 15 is 0 Å². The summed E-state index contributed by atoms with van der Waals surface area (Å²) in [6, 6.07) is 3.29. The second-order valence-electron chi connectivity index (χ2n) is 9.74. The van der Waals surface area contributed by atoms with Crippen LogP contribution in [-0.2, 0) is 4.74 Å². The summed E-state index contributed by atoms with van der Waals surface area (Å²) >= 11 is 0. The van der Waals surface area contributed by atoms with Gasteiger partial charge in [0.1, 0.15) is 5.60 Å². The molecule has 2 fully saturated rings. The minimum atomic E-state index is -0.471. The Morgan fingerprint density at radius 1 is 1.18 bits per heavy atom. The molecular weight excluding hydrogens is 424 g/mol. The SMILES string of the molecule is C=Cc1cc([N+](=O)[O-])c(OC)cc1N1CCC(CN2CCN(C(=O)OC(C)(C)C)CC2)CC1. The van der Waals surface area contributed by atoms with E-state index in [0.717, 1.165) is 56.8 Å². The van der Waals surface area contributed by atoms with E-state index in [2.05, 4.69) is 16.4 Å². The molecule has 9 nitrogen and oxygen atoms in total. The molecule has 2 aliphatic rings. The zero-order valence-corrected chi connectivity index (χ0v) is 20.2. The van der Waals surface area contributed by atoms with E-state index in [1.165, 1.54) is 13.2 Å². The first-order chi connectivity index (χ1) is 15.6. The number of methoxy groups -OCH3 is 1. The van der Waals surface area contributed by atoms with E-state index in [0.29, 0.717) is 19.0 Å². The summed E-state index contributed by atoms with van der Waals surface area (Å²) < 4.78 is 10.7. The molecule has 2 saturated heterocycles. The summed E-state index contributed by atoms with van der Waals surface area (Å²) in [5.41, 5.74) is 1.16. The first kappa shape index (κ1) is 24.8. The second kappa shape index (κ2) is 10.4. The van der Waals surface area contributed by atoms with Crippen molar-refractivity contribution in [1.82, 2.24) is 9.80 Å². The Hall–Kier alpha value is -2.81. The number of piperidine rings is 1. The molecular formula is C24H36N4O5. The van der Waals surface area contributed by atoms with Crippen molar-refractivity contribution in [1.29, 1.82) is 0 Å². The Bertz CT molecular complexity index is 866. The topological polar surface area (TPSA) is 88.4 Å². The van der Waals surface area contributed by atoms with Gasteiger partial charge in [-0.3, -0.25) is 15.0 Å². The van der Waals surface area contributed by atoms with Gasteiger partial charge in [0.25, 0.3) is 0 Å². The molecule has 2 aliphatic heterocycles. The van der Waals surface area contributed by atoms with Gasteiger partial charge >= 0.3 is 11.8 Å². The van der Waals surface area contributed by atoms with Crippen LogP contribution in [0.25, 0.3) is 6.08 Å². The van der Waals surface area contributed by atoms with Crippen molar-refractivity contribution in [2.45, 2.75) is 39.2 Å². The molecule has 0 spiro atoms. The minimum Gasteiger partial charge on any atom is -0.490 e. The monoisotopic (exact) mass is 460 g/mol. The number of ether oxygens (including phenoxy) is 2. The van der Waals surface area contributed by atoms with Gasteiger partial charge in [-0.15, -0.1) is 0 Å². The highest BCUT2D eigenvalue weighted by molar-refractivity contribution is 5.73. The number of nitrogens with zero attached hydrogens (tertiary/aromatic N) is 4. The number of anilines is 1. The number of hydrogen-bond donors (Lipinski definition) is 0. The molecule has 3 rings (SSSR count). The van der Waals surface area contributed by atoms with Crippen molar-refractivity contribution in [3.05, 3.63) is 34.4 Å². The Balaban J connectivity index is 1.52. The number of carbonyl (C=O) groups is 1. The van der Waals surface area contributed by atoms with Crippen LogP contribution in [0.5, 0.6) is 5.75 Å². The fourth-order valence-corrected chi connectivity index (χ4v) is 4.48. The first-order valence-corrected chi connectivity index (χ1v) is 11.6. The average molecular weight is 461 g/mol. The molecule has 0 bridgehead atoms. The maximum atomic E-state index is 12.3. The van der Waals surface area contributed by atoms with Crippen LogP contribution in [0.1, 0.15) is 39.2 Å². The normalized spacial score (nSPS) is 18.2. The summed E-state index contributed by atoms with van der Waals surface area (Å²) in [7, 11) is 1.45. The molecule has 0 radical (unpaired) electrons. The number of carbonyl (C=O) groups excluding carboxylic acids is 1. The van der Waals surface area contributed by atoms with E-state index in [9.17, 15) is 14.9 Å². The first-order valence-electron chi connectivity index (χ1n) is 11.6. The average Bonchev–Trinajstić information content (AvgIpc) is 2.78. The standard InChI is InChI=1S/C24H36N4O5/c1-6-19-15-21(28(30)31)22(32-5)16-20(19)26-9-7-18(8-10-26)17-25-11-13-27(14-12-25)23(29)33-24(2,3)4/h6,15-16,18H,1,7-14,17H2,2-5H3. The Labute approximate surface area is 196 Å². The predicted octanol–water partition coefficient (Wildman–Crippen LogP) is 4.02. The van der Waals surface area contributed by atoms with Crippen LogP contribution in [0.4, 0.5) is 16.2 Å². The molecule has 33 heavy (non-hydrogen) atoms. The van der Waals surface area contributed by atoms with Crippen LogP contribution in [0, 0.1) is 16.0 Å². The van der Waals surface area contributed by atoms with Crippen molar-refractivity contribution in [3.8, 4) is 5.75 Å². The number of nitro benzene ring substituents is 1. The molecule has 0 saturated carbocycles. The molecule has 0 aromatic heterocycles. The van der Waals surface area contributed by atoms with E-state index in [1.54, 1.807) is 17.0 Å². The van der Waals surface area contributed by atoms with Gasteiger partial charge in [-0.2, -0.15) is 0 Å². The quantitative estimate of drug-likeness (QED) is 0.468. The van der Waals surface area contributed by atoms with Crippen LogP contribution < -0.4 is 9.64 Å². The van der Waals surface area contributed by atoms with Gasteiger partial charge in [-0.1, -0.05) is 12.7 Å². The van der Waals surface area contributed by atoms with Crippen molar-refractivity contribution >= 4 is 23.5 Å². The number of piperazine rings is 1. The van der Waals surface area contributed by atoms with Gasteiger partial charge in [0.05, 0.1) is 12.0 Å². The maximum absolute atomic E-state index is 12.3. The van der Waals surface area contributed by atoms with E-state index in [1.807, 2.05) is 20.8 Å². The molecule has 182 valence electrons. The van der Waals surface area contributed by atoms with Crippen molar-refractivity contribution in [2.24, 2.45) is 5.92 Å². The smallest absolute Gasteiger partial charge is 0.410 e. The molecule has 1 aromatic rings. The lowest BCUT2D eigenvalue weighted by Crippen LogP contribution is -2.51. The van der Waals surface area contributed by atoms with Crippen LogP contribution in [-0.4, -0.2) is 79.3 Å². The number of benzene rings is 1. The number of amides is 1.